The van der Waals surface area contributed by atoms with Gasteiger partial charge in [0.05, 0.1) is 10.9 Å². The van der Waals surface area contributed by atoms with E-state index in [-0.39, 0.29) is 11.8 Å². The molecule has 0 N–H and O–H groups in total. The predicted molar refractivity (Wildman–Crippen MR) is 118 cm³/mol. The Balaban J connectivity index is 1.18. The molecule has 3 aromatic rings. The van der Waals surface area contributed by atoms with Crippen LogP contribution in [0.5, 0.6) is 0 Å². The van der Waals surface area contributed by atoms with Gasteiger partial charge in [0.15, 0.2) is 5.60 Å². The molecule has 3 aliphatic heterocycles. The number of halogens is 2. The molecule has 3 aliphatic rings. The monoisotopic (exact) mass is 469 g/mol. The predicted octanol–water partition coefficient (Wildman–Crippen LogP) is 4.27. The van der Waals surface area contributed by atoms with Crippen LogP contribution in [0.2, 0.25) is 0 Å². The van der Waals surface area contributed by atoms with Crippen molar-refractivity contribution < 1.29 is 23.1 Å². The molecule has 0 radical (unpaired) electrons. The smallest absolute Gasteiger partial charge is 0.263 e. The summed E-state index contributed by atoms with van der Waals surface area (Å²) in [6.07, 6.45) is 5.08. The number of hydrogen-bond donors (Lipinski definition) is 0. The SMILES string of the molecule is O=C(c1cc2cnccc2s1)N1CCC2(CC1)O[C@@H]1CC[C@@H](c3cc(F)cc(F)c3)N1C2=O. The van der Waals surface area contributed by atoms with Gasteiger partial charge in [-0.2, -0.15) is 0 Å². The number of rotatable bonds is 2. The number of fused-ring (bicyclic) bond motifs is 2. The highest BCUT2D eigenvalue weighted by Crippen LogP contribution is 2.48. The number of carbonyl (C=O) groups excluding carboxylic acids is 2. The fourth-order valence-corrected chi connectivity index (χ4v) is 6.35. The van der Waals surface area contributed by atoms with Crippen LogP contribution in [0.25, 0.3) is 10.1 Å². The molecular weight excluding hydrogens is 448 g/mol. The molecule has 1 spiro atoms. The molecule has 0 bridgehead atoms. The molecule has 3 fully saturated rings. The fraction of sp³-hybridized carbons (Fsp3) is 0.375. The minimum Gasteiger partial charge on any atom is -0.342 e. The zero-order valence-corrected chi connectivity index (χ0v) is 18.5. The first-order chi connectivity index (χ1) is 15.9. The van der Waals surface area contributed by atoms with Crippen molar-refractivity contribution in [3.63, 3.8) is 0 Å². The summed E-state index contributed by atoms with van der Waals surface area (Å²) >= 11 is 1.44. The zero-order valence-electron chi connectivity index (χ0n) is 17.7. The van der Waals surface area contributed by atoms with Crippen molar-refractivity contribution in [1.82, 2.24) is 14.8 Å². The number of aromatic nitrogens is 1. The molecule has 6 rings (SSSR count). The molecule has 1 aromatic carbocycles. The van der Waals surface area contributed by atoms with Gasteiger partial charge in [0.25, 0.3) is 11.8 Å². The van der Waals surface area contributed by atoms with Crippen molar-refractivity contribution in [2.24, 2.45) is 0 Å². The van der Waals surface area contributed by atoms with Crippen LogP contribution in [0.4, 0.5) is 8.78 Å². The van der Waals surface area contributed by atoms with Gasteiger partial charge < -0.3 is 14.5 Å². The number of piperidine rings is 1. The number of likely N-dealkylation sites (tertiary alicyclic amines) is 1. The highest BCUT2D eigenvalue weighted by atomic mass is 32.1. The Bertz CT molecular complexity index is 1220. The van der Waals surface area contributed by atoms with E-state index in [1.165, 1.54) is 23.5 Å². The fourth-order valence-electron chi connectivity index (χ4n) is 5.36. The van der Waals surface area contributed by atoms with Gasteiger partial charge in [-0.15, -0.1) is 11.3 Å². The molecule has 2 atom stereocenters. The van der Waals surface area contributed by atoms with Gasteiger partial charge in [-0.05, 0) is 42.7 Å². The number of carbonyl (C=O) groups is 2. The van der Waals surface area contributed by atoms with E-state index < -0.39 is 29.5 Å². The molecule has 5 heterocycles. The molecule has 0 aliphatic carbocycles. The normalized spacial score (nSPS) is 24.1. The lowest BCUT2D eigenvalue weighted by atomic mass is 9.89. The number of nitrogens with zero attached hydrogens (tertiary/aromatic N) is 3. The van der Waals surface area contributed by atoms with E-state index in [1.54, 1.807) is 22.2 Å². The van der Waals surface area contributed by atoms with Crippen LogP contribution in [0.15, 0.2) is 42.7 Å². The summed E-state index contributed by atoms with van der Waals surface area (Å²) in [5.74, 6) is -1.50. The van der Waals surface area contributed by atoms with E-state index in [0.29, 0.717) is 49.2 Å². The average Bonchev–Trinajstić information content (AvgIpc) is 3.48. The van der Waals surface area contributed by atoms with Crippen molar-refractivity contribution in [1.29, 1.82) is 0 Å². The van der Waals surface area contributed by atoms with E-state index in [4.69, 9.17) is 4.74 Å². The molecule has 2 amide bonds. The maximum Gasteiger partial charge on any atom is 0.263 e. The molecule has 0 saturated carbocycles. The van der Waals surface area contributed by atoms with Crippen LogP contribution in [0, 0.1) is 11.6 Å². The van der Waals surface area contributed by atoms with Crippen LogP contribution < -0.4 is 0 Å². The first kappa shape index (κ1) is 20.7. The van der Waals surface area contributed by atoms with Gasteiger partial charge in [-0.25, -0.2) is 8.78 Å². The zero-order chi connectivity index (χ0) is 22.7. The van der Waals surface area contributed by atoms with Crippen molar-refractivity contribution in [3.05, 3.63) is 64.8 Å². The first-order valence-electron chi connectivity index (χ1n) is 11.0. The van der Waals surface area contributed by atoms with Crippen LogP contribution >= 0.6 is 11.3 Å². The van der Waals surface area contributed by atoms with Crippen LogP contribution in [0.1, 0.15) is 47.0 Å². The summed E-state index contributed by atoms with van der Waals surface area (Å²) in [6.45, 7) is 0.827. The third-order valence-electron chi connectivity index (χ3n) is 6.97. The third kappa shape index (κ3) is 3.33. The second-order valence-electron chi connectivity index (χ2n) is 8.89. The summed E-state index contributed by atoms with van der Waals surface area (Å²) in [6, 6.07) is 6.75. The Morgan fingerprint density at radius 3 is 2.61 bits per heavy atom. The highest BCUT2D eigenvalue weighted by molar-refractivity contribution is 7.20. The third-order valence-corrected chi connectivity index (χ3v) is 8.08. The van der Waals surface area contributed by atoms with E-state index >= 15 is 0 Å². The topological polar surface area (TPSA) is 62.7 Å². The maximum absolute atomic E-state index is 13.8. The van der Waals surface area contributed by atoms with E-state index in [9.17, 15) is 18.4 Å². The van der Waals surface area contributed by atoms with Gasteiger partial charge in [0.2, 0.25) is 0 Å². The van der Waals surface area contributed by atoms with Gasteiger partial charge in [-0.1, -0.05) is 0 Å². The van der Waals surface area contributed by atoms with Gasteiger partial charge in [0, 0.05) is 54.5 Å². The molecule has 3 saturated heterocycles. The quantitative estimate of drug-likeness (QED) is 0.563. The largest absolute Gasteiger partial charge is 0.342 e. The summed E-state index contributed by atoms with van der Waals surface area (Å²) in [5.41, 5.74) is -0.522. The Hall–Kier alpha value is -2.91. The summed E-state index contributed by atoms with van der Waals surface area (Å²) < 4.78 is 34.8. The Kier molecular flexibility index (Phi) is 4.74. The average molecular weight is 470 g/mol. The van der Waals surface area contributed by atoms with Crippen molar-refractivity contribution in [3.8, 4) is 0 Å². The van der Waals surface area contributed by atoms with Crippen LogP contribution in [-0.2, 0) is 9.53 Å². The minimum atomic E-state index is -0.976. The van der Waals surface area contributed by atoms with Crippen LogP contribution in [0.3, 0.4) is 0 Å². The standard InChI is InChI=1S/C24H21F2N3O3S/c25-16-9-14(10-17(26)12-16)18-1-2-21-29(18)23(31)24(32-21)4-7-28(8-5-24)22(30)20-11-15-13-27-6-3-19(15)33-20/h3,6,9-13,18,21H,1-2,4-5,7-8H2/t18-,21+/m0/s1. The Morgan fingerprint density at radius 2 is 1.88 bits per heavy atom. The number of benzene rings is 1. The van der Waals surface area contributed by atoms with Crippen molar-refractivity contribution in [2.75, 3.05) is 13.1 Å². The lowest BCUT2D eigenvalue weighted by molar-refractivity contribution is -0.142. The van der Waals surface area contributed by atoms with Gasteiger partial charge in [0.1, 0.15) is 17.9 Å². The molecule has 6 nitrogen and oxygen atoms in total. The summed E-state index contributed by atoms with van der Waals surface area (Å²) in [5, 5.41) is 0.939. The van der Waals surface area contributed by atoms with E-state index in [0.717, 1.165) is 16.2 Å². The molecule has 170 valence electrons. The number of amides is 2. The molecular formula is C24H21F2N3O3S. The Morgan fingerprint density at radius 1 is 1.12 bits per heavy atom. The number of thiophene rings is 1. The molecule has 2 aromatic heterocycles. The highest BCUT2D eigenvalue weighted by Gasteiger charge is 2.58. The van der Waals surface area contributed by atoms with Crippen molar-refractivity contribution in [2.45, 2.75) is 43.6 Å². The second-order valence-corrected chi connectivity index (χ2v) is 9.98. The molecule has 0 unspecified atom stereocenters. The lowest BCUT2D eigenvalue weighted by Crippen LogP contribution is -2.51. The minimum absolute atomic E-state index is 0.0508. The summed E-state index contributed by atoms with van der Waals surface area (Å²) in [4.78, 5) is 34.7. The lowest BCUT2D eigenvalue weighted by Gasteiger charge is -2.37. The maximum atomic E-state index is 13.8. The number of pyridine rings is 1. The van der Waals surface area contributed by atoms with E-state index in [2.05, 4.69) is 4.98 Å². The molecule has 33 heavy (non-hydrogen) atoms. The van der Waals surface area contributed by atoms with Crippen molar-refractivity contribution >= 4 is 33.2 Å². The first-order valence-corrected chi connectivity index (χ1v) is 11.8. The summed E-state index contributed by atoms with van der Waals surface area (Å²) in [7, 11) is 0. The van der Waals surface area contributed by atoms with E-state index in [1.807, 2.05) is 12.1 Å². The number of hydrogen-bond acceptors (Lipinski definition) is 5. The molecule has 9 heteroatoms. The van der Waals surface area contributed by atoms with Crippen LogP contribution in [-0.4, -0.2) is 51.5 Å². The Labute approximate surface area is 192 Å². The number of ether oxygens (including phenoxy) is 1. The van der Waals surface area contributed by atoms with Gasteiger partial charge in [-0.3, -0.25) is 14.6 Å². The van der Waals surface area contributed by atoms with Gasteiger partial charge >= 0.3 is 0 Å². The second kappa shape index (κ2) is 7.56.